The molecule has 2 saturated heterocycles. The van der Waals surface area contributed by atoms with Gasteiger partial charge >= 0.3 is 12.4 Å². The first kappa shape index (κ1) is 37.8. The maximum atomic E-state index is 13.7. The number of alkyl halides is 6. The molecule has 2 aliphatic heterocycles. The molecular weight excluding hydrogens is 646 g/mol. The van der Waals surface area contributed by atoms with Crippen LogP contribution in [0.4, 0.5) is 30.7 Å². The molecule has 1 amide bonds. The highest BCUT2D eigenvalue weighted by molar-refractivity contribution is 5.95. The number of morpholine rings is 1. The first-order chi connectivity index (χ1) is 19.7. The van der Waals surface area contributed by atoms with Crippen LogP contribution >= 0.6 is 24.8 Å². The second-order valence-electron chi connectivity index (χ2n) is 10.5. The van der Waals surface area contributed by atoms with E-state index in [1.165, 1.54) is 17.0 Å². The van der Waals surface area contributed by atoms with Gasteiger partial charge in [0.15, 0.2) is 11.6 Å². The lowest BCUT2D eigenvalue weighted by molar-refractivity contribution is -0.143. The standard InChI is InChI=1S/C28H32F7N3O4.2ClH/c1-41-17-23-16-37(8-9-42-23)5-4-36-6-7-38(22(15-36)10-18-2-3-24(29)25(39)11-18)26(40)19-12-20(27(30,31)32)14-21(13-19)28(33,34)35;;/h2-3,11-14,22-23,39H,4-10,15-17H2,1H3;2*1H/t22-,23+;;/m1../s1. The van der Waals surface area contributed by atoms with Crippen LogP contribution < -0.4 is 0 Å². The lowest BCUT2D eigenvalue weighted by Crippen LogP contribution is -2.57. The van der Waals surface area contributed by atoms with Crippen LogP contribution in [0.1, 0.15) is 27.0 Å². The van der Waals surface area contributed by atoms with E-state index in [4.69, 9.17) is 9.47 Å². The molecule has 2 aromatic rings. The van der Waals surface area contributed by atoms with Crippen molar-refractivity contribution in [3.63, 3.8) is 0 Å². The van der Waals surface area contributed by atoms with Gasteiger partial charge in [-0.15, -0.1) is 24.8 Å². The summed E-state index contributed by atoms with van der Waals surface area (Å²) in [7, 11) is 1.59. The third-order valence-corrected chi connectivity index (χ3v) is 7.45. The Hall–Kier alpha value is -2.36. The van der Waals surface area contributed by atoms with Gasteiger partial charge in [-0.3, -0.25) is 14.6 Å². The molecule has 2 fully saturated rings. The molecule has 1 N–H and O–H groups in total. The van der Waals surface area contributed by atoms with E-state index in [2.05, 4.69) is 9.80 Å². The molecule has 0 aromatic heterocycles. The Bertz CT molecular complexity index is 1220. The number of piperazine rings is 1. The summed E-state index contributed by atoms with van der Waals surface area (Å²) in [5.74, 6) is -2.43. The first-order valence-corrected chi connectivity index (χ1v) is 13.4. The molecule has 2 aliphatic rings. The molecule has 0 spiro atoms. The Morgan fingerprint density at radius 3 is 2.11 bits per heavy atom. The fourth-order valence-electron chi connectivity index (χ4n) is 5.32. The van der Waals surface area contributed by atoms with Crippen molar-refractivity contribution in [1.82, 2.24) is 14.7 Å². The third kappa shape index (κ3) is 9.82. The van der Waals surface area contributed by atoms with Gasteiger partial charge < -0.3 is 19.5 Å². The summed E-state index contributed by atoms with van der Waals surface area (Å²) >= 11 is 0. The zero-order valence-corrected chi connectivity index (χ0v) is 25.3. The van der Waals surface area contributed by atoms with Crippen molar-refractivity contribution >= 4 is 30.7 Å². The minimum Gasteiger partial charge on any atom is -0.505 e. The van der Waals surface area contributed by atoms with Crippen LogP contribution in [0.2, 0.25) is 0 Å². The highest BCUT2D eigenvalue weighted by Crippen LogP contribution is 2.37. The molecule has 0 bridgehead atoms. The molecule has 0 radical (unpaired) electrons. The van der Waals surface area contributed by atoms with Gasteiger partial charge in [0.1, 0.15) is 0 Å². The highest BCUT2D eigenvalue weighted by atomic mass is 35.5. The van der Waals surface area contributed by atoms with Crippen LogP contribution in [-0.2, 0) is 28.2 Å². The molecule has 2 heterocycles. The number of nitrogens with zero attached hydrogens (tertiary/aromatic N) is 3. The molecule has 7 nitrogen and oxygen atoms in total. The van der Waals surface area contributed by atoms with Gasteiger partial charge in [-0.2, -0.15) is 26.3 Å². The number of methoxy groups -OCH3 is 1. The van der Waals surface area contributed by atoms with Crippen LogP contribution in [0.3, 0.4) is 0 Å². The van der Waals surface area contributed by atoms with E-state index in [1.54, 1.807) is 7.11 Å². The van der Waals surface area contributed by atoms with Gasteiger partial charge in [-0.25, -0.2) is 4.39 Å². The Labute approximate surface area is 262 Å². The average Bonchev–Trinajstić information content (AvgIpc) is 2.93. The minimum absolute atomic E-state index is 0. The van der Waals surface area contributed by atoms with Crippen molar-refractivity contribution in [1.29, 1.82) is 0 Å². The smallest absolute Gasteiger partial charge is 0.416 e. The van der Waals surface area contributed by atoms with E-state index in [0.717, 1.165) is 6.07 Å². The lowest BCUT2D eigenvalue weighted by atomic mass is 9.99. The molecule has 2 aromatic carbocycles. The number of rotatable bonds is 8. The van der Waals surface area contributed by atoms with Crippen LogP contribution in [0.15, 0.2) is 36.4 Å². The number of carbonyl (C=O) groups excluding carboxylic acids is 1. The number of phenolic OH excluding ortho intramolecular Hbond substituents is 1. The van der Waals surface area contributed by atoms with Crippen molar-refractivity contribution < 1.29 is 50.1 Å². The van der Waals surface area contributed by atoms with Gasteiger partial charge in [0.2, 0.25) is 0 Å². The fraction of sp³-hybridized carbons (Fsp3) is 0.536. The van der Waals surface area contributed by atoms with E-state index < -0.39 is 52.6 Å². The van der Waals surface area contributed by atoms with Crippen LogP contribution in [-0.4, -0.2) is 104 Å². The Kier molecular flexibility index (Phi) is 13.6. The molecule has 2 atom stereocenters. The number of halogens is 9. The van der Waals surface area contributed by atoms with Crippen LogP contribution in [0, 0.1) is 5.82 Å². The molecule has 248 valence electrons. The van der Waals surface area contributed by atoms with E-state index in [9.17, 15) is 40.6 Å². The van der Waals surface area contributed by atoms with Crippen molar-refractivity contribution in [2.45, 2.75) is 30.9 Å². The number of phenols is 1. The number of amides is 1. The summed E-state index contributed by atoms with van der Waals surface area (Å²) in [6.07, 6.45) is -10.2. The van der Waals surface area contributed by atoms with Gasteiger partial charge in [0.05, 0.1) is 30.4 Å². The van der Waals surface area contributed by atoms with Gasteiger partial charge in [0.25, 0.3) is 5.91 Å². The predicted molar refractivity (Wildman–Crippen MR) is 152 cm³/mol. The molecule has 0 saturated carbocycles. The zero-order chi connectivity index (χ0) is 30.7. The summed E-state index contributed by atoms with van der Waals surface area (Å²) < 4.78 is 105. The summed E-state index contributed by atoms with van der Waals surface area (Å²) in [5.41, 5.74) is -3.42. The number of aromatic hydroxyl groups is 1. The predicted octanol–water partition coefficient (Wildman–Crippen LogP) is 5.13. The van der Waals surface area contributed by atoms with Crippen molar-refractivity contribution in [2.75, 3.05) is 66.1 Å². The lowest BCUT2D eigenvalue weighted by Gasteiger charge is -2.43. The fourth-order valence-corrected chi connectivity index (χ4v) is 5.32. The Balaban J connectivity index is 0.00000337. The van der Waals surface area contributed by atoms with Gasteiger partial charge in [-0.05, 0) is 42.3 Å². The largest absolute Gasteiger partial charge is 0.505 e. The number of benzene rings is 2. The molecular formula is C28H34Cl2F7N3O4. The maximum absolute atomic E-state index is 13.7. The second kappa shape index (κ2) is 15.8. The number of carbonyl (C=O) groups is 1. The van der Waals surface area contributed by atoms with Crippen LogP contribution in [0.25, 0.3) is 0 Å². The molecule has 4 rings (SSSR count). The number of ether oxygens (including phenoxy) is 2. The quantitative estimate of drug-likeness (QED) is 0.391. The Morgan fingerprint density at radius 1 is 0.932 bits per heavy atom. The van der Waals surface area contributed by atoms with Gasteiger partial charge in [0, 0.05) is 64.5 Å². The molecule has 0 aliphatic carbocycles. The molecule has 16 heteroatoms. The third-order valence-electron chi connectivity index (χ3n) is 7.45. The highest BCUT2D eigenvalue weighted by Gasteiger charge is 2.39. The maximum Gasteiger partial charge on any atom is 0.416 e. The topological polar surface area (TPSA) is 65.5 Å². The number of hydrogen-bond acceptors (Lipinski definition) is 6. The van der Waals surface area contributed by atoms with Crippen molar-refractivity contribution in [3.05, 3.63) is 64.5 Å². The number of hydrogen-bond donors (Lipinski definition) is 1. The second-order valence-corrected chi connectivity index (χ2v) is 10.5. The van der Waals surface area contributed by atoms with E-state index in [1.807, 2.05) is 0 Å². The molecule has 44 heavy (non-hydrogen) atoms. The van der Waals surface area contributed by atoms with Crippen LogP contribution in [0.5, 0.6) is 5.75 Å². The van der Waals surface area contributed by atoms with E-state index in [0.29, 0.717) is 63.6 Å². The van der Waals surface area contributed by atoms with E-state index in [-0.39, 0.29) is 56.5 Å². The Morgan fingerprint density at radius 2 is 1.55 bits per heavy atom. The summed E-state index contributed by atoms with van der Waals surface area (Å²) in [6.45, 7) is 4.30. The first-order valence-electron chi connectivity index (χ1n) is 13.4. The summed E-state index contributed by atoms with van der Waals surface area (Å²) in [6, 6.07) is 3.81. The zero-order valence-electron chi connectivity index (χ0n) is 23.7. The molecule has 0 unspecified atom stereocenters. The summed E-state index contributed by atoms with van der Waals surface area (Å²) in [5, 5.41) is 9.83. The normalized spacial score (nSPS) is 20.1. The monoisotopic (exact) mass is 679 g/mol. The van der Waals surface area contributed by atoms with Crippen molar-refractivity contribution in [3.8, 4) is 5.75 Å². The minimum atomic E-state index is -5.10. The van der Waals surface area contributed by atoms with Gasteiger partial charge in [-0.1, -0.05) is 6.07 Å². The SMILES string of the molecule is COC[C@@H]1CN(CCN2CCN(C(=O)c3cc(C(F)(F)F)cc(C(F)(F)F)c3)[C@H](Cc3ccc(F)c(O)c3)C2)CCO1.Cl.Cl. The van der Waals surface area contributed by atoms with E-state index >= 15 is 0 Å². The average molecular weight is 680 g/mol. The van der Waals surface area contributed by atoms with Crippen molar-refractivity contribution in [2.24, 2.45) is 0 Å². The summed E-state index contributed by atoms with van der Waals surface area (Å²) in [4.78, 5) is 19.0.